The standard InChI is InChI=1S/C18H24N2O6/c1-13(17(21)14-3-4-15-16(11-14)26-12-25-15)19(2)18(22)24-10-7-20-5-8-23-9-6-20/h3-4,11,13H,5-10,12H2,1-2H3/t13-/m0/s1. The number of benzene rings is 1. The molecule has 142 valence electrons. The van der Waals surface area contributed by atoms with Gasteiger partial charge in [0.25, 0.3) is 0 Å². The number of fused-ring (bicyclic) bond motifs is 1. The molecule has 1 amide bonds. The lowest BCUT2D eigenvalue weighted by atomic mass is 10.0. The van der Waals surface area contributed by atoms with Crippen molar-refractivity contribution in [2.24, 2.45) is 0 Å². The first-order valence-electron chi connectivity index (χ1n) is 8.70. The molecule has 0 radical (unpaired) electrons. The molecule has 2 aliphatic rings. The van der Waals surface area contributed by atoms with Gasteiger partial charge in [-0.3, -0.25) is 9.69 Å². The Morgan fingerprint density at radius 3 is 2.73 bits per heavy atom. The number of carbonyl (C=O) groups is 2. The molecule has 0 N–H and O–H groups in total. The first-order valence-corrected chi connectivity index (χ1v) is 8.70. The highest BCUT2D eigenvalue weighted by molar-refractivity contribution is 6.01. The van der Waals surface area contributed by atoms with Crippen LogP contribution in [-0.4, -0.2) is 81.0 Å². The maximum absolute atomic E-state index is 12.6. The molecule has 0 bridgehead atoms. The van der Waals surface area contributed by atoms with Gasteiger partial charge in [0.1, 0.15) is 6.61 Å². The third-order valence-corrected chi connectivity index (χ3v) is 4.64. The van der Waals surface area contributed by atoms with Gasteiger partial charge in [-0.05, 0) is 25.1 Å². The van der Waals surface area contributed by atoms with Gasteiger partial charge in [0, 0.05) is 32.2 Å². The van der Waals surface area contributed by atoms with Gasteiger partial charge in [0.05, 0.1) is 19.3 Å². The highest BCUT2D eigenvalue weighted by Gasteiger charge is 2.26. The topological polar surface area (TPSA) is 77.5 Å². The Hall–Kier alpha value is -2.32. The molecule has 2 heterocycles. The third-order valence-electron chi connectivity index (χ3n) is 4.64. The van der Waals surface area contributed by atoms with Crippen molar-refractivity contribution in [3.05, 3.63) is 23.8 Å². The molecule has 0 unspecified atom stereocenters. The minimum absolute atomic E-state index is 0.151. The van der Waals surface area contributed by atoms with E-state index in [0.717, 1.165) is 13.1 Å². The molecule has 1 fully saturated rings. The summed E-state index contributed by atoms with van der Waals surface area (Å²) < 4.78 is 21.1. The van der Waals surface area contributed by atoms with E-state index in [0.29, 0.717) is 36.8 Å². The Balaban J connectivity index is 1.50. The summed E-state index contributed by atoms with van der Waals surface area (Å²) in [5, 5.41) is 0. The van der Waals surface area contributed by atoms with Crippen LogP contribution in [0, 0.1) is 0 Å². The molecule has 1 aromatic rings. The van der Waals surface area contributed by atoms with Crippen molar-refractivity contribution in [1.82, 2.24) is 9.80 Å². The zero-order valence-electron chi connectivity index (χ0n) is 15.1. The molecule has 0 aliphatic carbocycles. The maximum Gasteiger partial charge on any atom is 0.410 e. The number of ketones is 1. The van der Waals surface area contributed by atoms with Crippen LogP contribution in [0.2, 0.25) is 0 Å². The number of hydrogen-bond donors (Lipinski definition) is 0. The Kier molecular flexibility index (Phi) is 5.95. The van der Waals surface area contributed by atoms with Gasteiger partial charge in [-0.1, -0.05) is 0 Å². The molecular formula is C18H24N2O6. The summed E-state index contributed by atoms with van der Waals surface area (Å²) in [6, 6.07) is 4.36. The minimum Gasteiger partial charge on any atom is -0.454 e. The van der Waals surface area contributed by atoms with E-state index in [1.54, 1.807) is 32.2 Å². The zero-order valence-corrected chi connectivity index (χ0v) is 15.1. The average Bonchev–Trinajstić information content (AvgIpc) is 3.14. The Bertz CT molecular complexity index is 659. The second kappa shape index (κ2) is 8.37. The Labute approximate surface area is 152 Å². The van der Waals surface area contributed by atoms with Crippen molar-refractivity contribution in [3.8, 4) is 11.5 Å². The van der Waals surface area contributed by atoms with Crippen LogP contribution in [-0.2, 0) is 9.47 Å². The largest absolute Gasteiger partial charge is 0.454 e. The molecule has 8 heteroatoms. The molecule has 0 spiro atoms. The van der Waals surface area contributed by atoms with Gasteiger partial charge in [-0.25, -0.2) is 4.79 Å². The lowest BCUT2D eigenvalue weighted by Crippen LogP contribution is -2.42. The van der Waals surface area contributed by atoms with Crippen molar-refractivity contribution < 1.29 is 28.5 Å². The fourth-order valence-electron chi connectivity index (χ4n) is 2.81. The second-order valence-electron chi connectivity index (χ2n) is 6.29. The fourth-order valence-corrected chi connectivity index (χ4v) is 2.81. The van der Waals surface area contributed by atoms with E-state index in [9.17, 15) is 9.59 Å². The maximum atomic E-state index is 12.6. The normalized spacial score (nSPS) is 17.6. The van der Waals surface area contributed by atoms with Gasteiger partial charge in [-0.15, -0.1) is 0 Å². The average molecular weight is 364 g/mol. The van der Waals surface area contributed by atoms with Gasteiger partial charge >= 0.3 is 6.09 Å². The van der Waals surface area contributed by atoms with Crippen LogP contribution < -0.4 is 9.47 Å². The van der Waals surface area contributed by atoms with Crippen LogP contribution in [0.3, 0.4) is 0 Å². The van der Waals surface area contributed by atoms with Crippen LogP contribution in [0.1, 0.15) is 17.3 Å². The summed E-state index contributed by atoms with van der Waals surface area (Å²) in [7, 11) is 1.56. The second-order valence-corrected chi connectivity index (χ2v) is 6.29. The number of morpholine rings is 1. The van der Waals surface area contributed by atoms with E-state index >= 15 is 0 Å². The van der Waals surface area contributed by atoms with E-state index in [4.69, 9.17) is 18.9 Å². The molecule has 1 saturated heterocycles. The van der Waals surface area contributed by atoms with Crippen LogP contribution in [0.25, 0.3) is 0 Å². The van der Waals surface area contributed by atoms with Crippen LogP contribution in [0.4, 0.5) is 4.79 Å². The molecule has 26 heavy (non-hydrogen) atoms. The van der Waals surface area contributed by atoms with Gasteiger partial charge in [-0.2, -0.15) is 0 Å². The van der Waals surface area contributed by atoms with E-state index in [1.165, 1.54) is 4.90 Å². The summed E-state index contributed by atoms with van der Waals surface area (Å²) in [4.78, 5) is 28.3. The quantitative estimate of drug-likeness (QED) is 0.706. The lowest BCUT2D eigenvalue weighted by Gasteiger charge is -2.27. The minimum atomic E-state index is -0.647. The molecule has 0 saturated carbocycles. The number of likely N-dealkylation sites (N-methyl/N-ethyl adjacent to an activating group) is 1. The number of Topliss-reactive ketones (excluding diaryl/α,β-unsaturated/α-hetero) is 1. The first-order chi connectivity index (χ1) is 12.6. The zero-order chi connectivity index (χ0) is 18.5. The first kappa shape index (κ1) is 18.5. The highest BCUT2D eigenvalue weighted by atomic mass is 16.7. The number of rotatable bonds is 6. The molecule has 1 atom stereocenters. The molecule has 1 aromatic carbocycles. The number of carbonyl (C=O) groups excluding carboxylic acids is 2. The van der Waals surface area contributed by atoms with Crippen LogP contribution in [0.15, 0.2) is 18.2 Å². The van der Waals surface area contributed by atoms with E-state index in [-0.39, 0.29) is 19.2 Å². The molecule has 8 nitrogen and oxygen atoms in total. The molecule has 0 aromatic heterocycles. The fraction of sp³-hybridized carbons (Fsp3) is 0.556. The SMILES string of the molecule is C[C@@H](C(=O)c1ccc2c(c1)OCO2)N(C)C(=O)OCCN1CCOCC1. The number of ether oxygens (including phenoxy) is 4. The van der Waals surface area contributed by atoms with Crippen molar-refractivity contribution in [2.45, 2.75) is 13.0 Å². The smallest absolute Gasteiger partial charge is 0.410 e. The van der Waals surface area contributed by atoms with E-state index < -0.39 is 12.1 Å². The summed E-state index contributed by atoms with van der Waals surface area (Å²) >= 11 is 0. The predicted molar refractivity (Wildman–Crippen MR) is 92.7 cm³/mol. The summed E-state index contributed by atoms with van der Waals surface area (Å²) in [5.41, 5.74) is 0.467. The monoisotopic (exact) mass is 364 g/mol. The number of amides is 1. The van der Waals surface area contributed by atoms with E-state index in [2.05, 4.69) is 4.90 Å². The summed E-state index contributed by atoms with van der Waals surface area (Å²) in [6.07, 6.45) is -0.514. The van der Waals surface area contributed by atoms with Crippen molar-refractivity contribution in [1.29, 1.82) is 0 Å². The third kappa shape index (κ3) is 4.25. The van der Waals surface area contributed by atoms with Crippen LogP contribution >= 0.6 is 0 Å². The molecule has 3 rings (SSSR count). The molecular weight excluding hydrogens is 340 g/mol. The lowest BCUT2D eigenvalue weighted by molar-refractivity contribution is 0.0244. The van der Waals surface area contributed by atoms with E-state index in [1.807, 2.05) is 0 Å². The van der Waals surface area contributed by atoms with Crippen LogP contribution in [0.5, 0.6) is 11.5 Å². The van der Waals surface area contributed by atoms with Gasteiger partial charge in [0.15, 0.2) is 17.3 Å². The summed E-state index contributed by atoms with van der Waals surface area (Å²) in [6.45, 7) is 5.86. The van der Waals surface area contributed by atoms with Crippen molar-refractivity contribution >= 4 is 11.9 Å². The Morgan fingerprint density at radius 2 is 1.96 bits per heavy atom. The summed E-state index contributed by atoms with van der Waals surface area (Å²) in [5.74, 6) is 0.972. The number of hydrogen-bond acceptors (Lipinski definition) is 7. The van der Waals surface area contributed by atoms with Gasteiger partial charge in [0.2, 0.25) is 6.79 Å². The highest BCUT2D eigenvalue weighted by Crippen LogP contribution is 2.32. The van der Waals surface area contributed by atoms with Crippen molar-refractivity contribution in [2.75, 3.05) is 53.3 Å². The predicted octanol–water partition coefficient (Wildman–Crippen LogP) is 1.39. The Morgan fingerprint density at radius 1 is 1.23 bits per heavy atom. The number of nitrogens with zero attached hydrogens (tertiary/aromatic N) is 2. The van der Waals surface area contributed by atoms with Crippen molar-refractivity contribution in [3.63, 3.8) is 0 Å². The molecule has 2 aliphatic heterocycles. The van der Waals surface area contributed by atoms with Gasteiger partial charge < -0.3 is 23.8 Å².